The van der Waals surface area contributed by atoms with E-state index in [1.165, 1.54) is 0 Å². The highest BCUT2D eigenvalue weighted by molar-refractivity contribution is 5.94. The highest BCUT2D eigenvalue weighted by atomic mass is 16.5. The molecule has 0 saturated heterocycles. The van der Waals surface area contributed by atoms with Crippen molar-refractivity contribution in [3.8, 4) is 22.8 Å². The number of hydrogen-bond acceptors (Lipinski definition) is 6. The summed E-state index contributed by atoms with van der Waals surface area (Å²) in [4.78, 5) is 26.2. The number of anilines is 1. The molecule has 0 atom stereocenters. The third-order valence-corrected chi connectivity index (χ3v) is 5.08. The molecule has 0 saturated carbocycles. The van der Waals surface area contributed by atoms with Gasteiger partial charge in [-0.2, -0.15) is 4.98 Å². The van der Waals surface area contributed by atoms with E-state index in [0.717, 1.165) is 22.5 Å². The fourth-order valence-corrected chi connectivity index (χ4v) is 3.49. The minimum absolute atomic E-state index is 0.164. The van der Waals surface area contributed by atoms with Crippen LogP contribution < -0.4 is 5.32 Å². The van der Waals surface area contributed by atoms with Crippen molar-refractivity contribution in [1.29, 1.82) is 0 Å². The van der Waals surface area contributed by atoms with Gasteiger partial charge in [-0.25, -0.2) is 4.98 Å². The molecule has 5 aromatic rings. The first-order valence-corrected chi connectivity index (χ1v) is 10.3. The van der Waals surface area contributed by atoms with Crippen LogP contribution in [0.5, 0.6) is 0 Å². The van der Waals surface area contributed by atoms with E-state index in [1.807, 2.05) is 72.1 Å². The number of nitrogens with zero attached hydrogens (tertiary/aromatic N) is 5. The molecule has 0 aliphatic carbocycles. The Bertz CT molecular complexity index is 1380. The molecular weight excluding hydrogens is 404 g/mol. The second-order valence-corrected chi connectivity index (χ2v) is 7.33. The molecular formula is C24H20N6O2. The van der Waals surface area contributed by atoms with E-state index in [2.05, 4.69) is 20.4 Å². The molecule has 1 N–H and O–H groups in total. The Hall–Kier alpha value is -4.33. The quantitative estimate of drug-likeness (QED) is 0.436. The summed E-state index contributed by atoms with van der Waals surface area (Å²) in [6, 6.07) is 19.2. The molecule has 0 fully saturated rings. The minimum Gasteiger partial charge on any atom is -0.339 e. The topological polar surface area (TPSA) is 98.2 Å². The molecule has 32 heavy (non-hydrogen) atoms. The highest BCUT2D eigenvalue weighted by Crippen LogP contribution is 2.30. The van der Waals surface area contributed by atoms with Gasteiger partial charge in [-0.3, -0.25) is 14.2 Å². The molecule has 158 valence electrons. The van der Waals surface area contributed by atoms with Crippen LogP contribution in [0.15, 0.2) is 77.6 Å². The third-order valence-electron chi connectivity index (χ3n) is 5.08. The molecule has 1 amide bonds. The molecule has 4 heterocycles. The van der Waals surface area contributed by atoms with E-state index in [1.54, 1.807) is 12.3 Å². The molecule has 8 heteroatoms. The summed E-state index contributed by atoms with van der Waals surface area (Å²) in [6.07, 6.45) is 4.08. The predicted molar refractivity (Wildman–Crippen MR) is 120 cm³/mol. The number of imidazole rings is 1. The van der Waals surface area contributed by atoms with Crippen LogP contribution in [-0.4, -0.2) is 30.4 Å². The Morgan fingerprint density at radius 1 is 1.03 bits per heavy atom. The van der Waals surface area contributed by atoms with E-state index >= 15 is 0 Å². The van der Waals surface area contributed by atoms with Gasteiger partial charge in [0.25, 0.3) is 0 Å². The van der Waals surface area contributed by atoms with Gasteiger partial charge in [0.05, 0.1) is 0 Å². The highest BCUT2D eigenvalue weighted by Gasteiger charge is 2.18. The van der Waals surface area contributed by atoms with E-state index in [-0.39, 0.29) is 12.3 Å². The van der Waals surface area contributed by atoms with Gasteiger partial charge >= 0.3 is 0 Å². The third kappa shape index (κ3) is 3.85. The van der Waals surface area contributed by atoms with Crippen molar-refractivity contribution >= 4 is 17.4 Å². The number of carbonyl (C=O) groups excluding carboxylic acids is 1. The fraction of sp³-hybridized carbons (Fsp3) is 0.125. The van der Waals surface area contributed by atoms with Gasteiger partial charge in [0.2, 0.25) is 17.6 Å². The van der Waals surface area contributed by atoms with Crippen molar-refractivity contribution in [2.45, 2.75) is 19.8 Å². The van der Waals surface area contributed by atoms with Gasteiger partial charge in [0.15, 0.2) is 0 Å². The van der Waals surface area contributed by atoms with Crippen molar-refractivity contribution in [2.24, 2.45) is 0 Å². The maximum atomic E-state index is 12.8. The molecule has 0 aliphatic rings. The Morgan fingerprint density at radius 2 is 1.88 bits per heavy atom. The first kappa shape index (κ1) is 19.6. The SMILES string of the molecule is Cc1cccn2c(NC(=O)CCc3nc(-c4ccccn4)no3)c(-c3ccccc3)nc12. The number of rotatable bonds is 6. The Kier molecular flexibility index (Phi) is 5.17. The lowest BCUT2D eigenvalue weighted by atomic mass is 10.1. The van der Waals surface area contributed by atoms with E-state index in [0.29, 0.717) is 29.6 Å². The first-order valence-electron chi connectivity index (χ1n) is 10.3. The minimum atomic E-state index is -0.164. The Morgan fingerprint density at radius 3 is 2.69 bits per heavy atom. The van der Waals surface area contributed by atoms with Crippen molar-refractivity contribution < 1.29 is 9.32 Å². The number of amides is 1. The molecule has 0 aliphatic heterocycles. The van der Waals surface area contributed by atoms with Gasteiger partial charge in [0, 0.05) is 30.8 Å². The summed E-state index contributed by atoms with van der Waals surface area (Å²) in [5, 5.41) is 6.98. The smallest absolute Gasteiger partial charge is 0.227 e. The van der Waals surface area contributed by atoms with Crippen molar-refractivity contribution in [3.63, 3.8) is 0 Å². The molecule has 0 unspecified atom stereocenters. The summed E-state index contributed by atoms with van der Waals surface area (Å²) >= 11 is 0. The zero-order valence-electron chi connectivity index (χ0n) is 17.4. The van der Waals surface area contributed by atoms with Gasteiger partial charge in [-0.15, -0.1) is 0 Å². The molecule has 8 nitrogen and oxygen atoms in total. The van der Waals surface area contributed by atoms with Gasteiger partial charge < -0.3 is 9.84 Å². The summed E-state index contributed by atoms with van der Waals surface area (Å²) in [6.45, 7) is 2.00. The van der Waals surface area contributed by atoms with Crippen molar-refractivity contribution in [3.05, 3.63) is 84.5 Å². The van der Waals surface area contributed by atoms with Crippen LogP contribution in [0.2, 0.25) is 0 Å². The van der Waals surface area contributed by atoms with Crippen LogP contribution >= 0.6 is 0 Å². The molecule has 0 bridgehead atoms. The van der Waals surface area contributed by atoms with Crippen LogP contribution in [0.3, 0.4) is 0 Å². The first-order chi connectivity index (χ1) is 15.7. The molecule has 1 aromatic carbocycles. The number of aromatic nitrogens is 5. The number of fused-ring (bicyclic) bond motifs is 1. The molecule has 0 radical (unpaired) electrons. The standard InChI is InChI=1S/C24H20N6O2/c1-16-8-7-15-30-23(16)28-21(17-9-3-2-4-10-17)24(30)26-19(31)12-13-20-27-22(29-32-20)18-11-5-6-14-25-18/h2-11,14-15H,12-13H2,1H3,(H,26,31). The number of carbonyl (C=O) groups is 1. The summed E-state index contributed by atoms with van der Waals surface area (Å²) in [5.74, 6) is 1.27. The normalized spacial score (nSPS) is 11.0. The predicted octanol–water partition coefficient (Wildman–Crippen LogP) is 4.33. The summed E-state index contributed by atoms with van der Waals surface area (Å²) < 4.78 is 7.19. The maximum Gasteiger partial charge on any atom is 0.227 e. The number of aryl methyl sites for hydroxylation is 2. The number of benzene rings is 1. The average molecular weight is 424 g/mol. The maximum absolute atomic E-state index is 12.8. The number of hydrogen-bond donors (Lipinski definition) is 1. The lowest BCUT2D eigenvalue weighted by molar-refractivity contribution is -0.116. The van der Waals surface area contributed by atoms with Crippen molar-refractivity contribution in [1.82, 2.24) is 24.5 Å². The number of pyridine rings is 2. The second-order valence-electron chi connectivity index (χ2n) is 7.33. The second kappa shape index (κ2) is 8.43. The monoisotopic (exact) mass is 424 g/mol. The lowest BCUT2D eigenvalue weighted by Gasteiger charge is -2.07. The van der Waals surface area contributed by atoms with E-state index in [4.69, 9.17) is 9.51 Å². The van der Waals surface area contributed by atoms with E-state index in [9.17, 15) is 4.79 Å². The van der Waals surface area contributed by atoms with Crippen LogP contribution in [0.1, 0.15) is 17.9 Å². The average Bonchev–Trinajstić information content (AvgIpc) is 3.45. The van der Waals surface area contributed by atoms with Crippen molar-refractivity contribution in [2.75, 3.05) is 5.32 Å². The van der Waals surface area contributed by atoms with Gasteiger partial charge in [-0.05, 0) is 30.7 Å². The van der Waals surface area contributed by atoms with E-state index < -0.39 is 0 Å². The zero-order chi connectivity index (χ0) is 21.9. The van der Waals surface area contributed by atoms with Crippen LogP contribution in [0, 0.1) is 6.92 Å². The van der Waals surface area contributed by atoms with Gasteiger partial charge in [0.1, 0.15) is 22.9 Å². The largest absolute Gasteiger partial charge is 0.339 e. The number of nitrogens with one attached hydrogen (secondary N) is 1. The molecule has 4 aromatic heterocycles. The Labute approximate surface area is 184 Å². The van der Waals surface area contributed by atoms with Crippen LogP contribution in [0.4, 0.5) is 5.82 Å². The molecule has 5 rings (SSSR count). The zero-order valence-corrected chi connectivity index (χ0v) is 17.4. The summed E-state index contributed by atoms with van der Waals surface area (Å²) in [5.41, 5.74) is 4.11. The fourth-order valence-electron chi connectivity index (χ4n) is 3.49. The van der Waals surface area contributed by atoms with Gasteiger partial charge in [-0.1, -0.05) is 47.6 Å². The Balaban J connectivity index is 1.36. The lowest BCUT2D eigenvalue weighted by Crippen LogP contribution is -2.14. The molecule has 0 spiro atoms. The van der Waals surface area contributed by atoms with Crippen LogP contribution in [0.25, 0.3) is 28.4 Å². The van der Waals surface area contributed by atoms with Crippen LogP contribution in [-0.2, 0) is 11.2 Å². The summed E-state index contributed by atoms with van der Waals surface area (Å²) in [7, 11) is 0.